The monoisotopic (exact) mass is 1500 g/mol. The van der Waals surface area contributed by atoms with Crippen molar-refractivity contribution in [3.63, 3.8) is 0 Å². The second-order valence-electron chi connectivity index (χ2n) is 34.3. The molecule has 0 saturated carbocycles. The number of hydrogen-bond donors (Lipinski definition) is 0. The summed E-state index contributed by atoms with van der Waals surface area (Å²) in [6.45, 7) is 53.4. The van der Waals surface area contributed by atoms with Crippen molar-refractivity contribution in [1.29, 1.82) is 5.26 Å². The molecule has 12 aromatic rings. The van der Waals surface area contributed by atoms with Gasteiger partial charge in [0.15, 0.2) is 0 Å². The van der Waals surface area contributed by atoms with E-state index < -0.39 is 0 Å². The predicted octanol–water partition coefficient (Wildman–Crippen LogP) is 26.3. The summed E-state index contributed by atoms with van der Waals surface area (Å²) < 4.78 is 11.9. The molecular formula is C91H96N5OPtS-3. The minimum Gasteiger partial charge on any atom is -0.509 e. The average molecular weight is 1500 g/mol. The van der Waals surface area contributed by atoms with E-state index in [1.165, 1.54) is 72.3 Å². The van der Waals surface area contributed by atoms with Crippen LogP contribution in [0.3, 0.4) is 0 Å². The molecule has 0 radical (unpaired) electrons. The van der Waals surface area contributed by atoms with Gasteiger partial charge in [-0.2, -0.15) is 11.3 Å². The molecule has 0 bridgehead atoms. The standard InChI is InChI=1S/C91H96N5OS.Pt/c1-54(2)69-26-25-27-70(55(3)4)82(69)59-43-66(50-68(44-59)97-67-31-32-72-79(51-67)96(81-49-60(36-37-93-81)86(5,6)7)78-34-33-71-75-38-56(52-92)30-35-80(75)98-85(71)83(72)78)94-53-95(77-29-24-23-28-76(77)94)84-73(57-39-61(87(8,9)10)45-62(40-57)88(11,12)13)47-65(91(20,21)22)48-74(84)58-41-63(89(14,15)16)46-64(42-58)90(17,18)19;/h23-49,53-55H,1-22H3;/q-3;. The first kappa shape index (κ1) is 70.6. The third-order valence-electron chi connectivity index (χ3n) is 20.0. The van der Waals surface area contributed by atoms with Gasteiger partial charge in [0.25, 0.3) is 0 Å². The molecule has 3 aromatic heterocycles. The van der Waals surface area contributed by atoms with Crippen molar-refractivity contribution in [3.05, 3.63) is 233 Å². The number of aromatic nitrogens is 2. The van der Waals surface area contributed by atoms with E-state index in [-0.39, 0.29) is 65.4 Å². The fourth-order valence-corrected chi connectivity index (χ4v) is 15.3. The van der Waals surface area contributed by atoms with E-state index in [4.69, 9.17) is 9.72 Å². The first-order valence-corrected chi connectivity index (χ1v) is 35.9. The van der Waals surface area contributed by atoms with Gasteiger partial charge in [0, 0.05) is 92.6 Å². The number of nitriles is 1. The van der Waals surface area contributed by atoms with Gasteiger partial charge in [-0.25, -0.2) is 4.98 Å². The van der Waals surface area contributed by atoms with Gasteiger partial charge in [0.05, 0.1) is 11.6 Å². The zero-order chi connectivity index (χ0) is 70.2. The molecule has 0 aliphatic carbocycles. The van der Waals surface area contributed by atoms with Crippen LogP contribution in [0.5, 0.6) is 11.5 Å². The summed E-state index contributed by atoms with van der Waals surface area (Å²) >= 11 is 1.76. The van der Waals surface area contributed by atoms with Crippen LogP contribution in [-0.4, -0.2) is 9.55 Å². The third kappa shape index (κ3) is 13.3. The Balaban J connectivity index is 0.00000931. The van der Waals surface area contributed by atoms with Crippen LogP contribution in [-0.2, 0) is 53.6 Å². The van der Waals surface area contributed by atoms with Gasteiger partial charge in [-0.15, -0.1) is 65.0 Å². The molecule has 8 heteroatoms. The number of ether oxygens (including phenoxy) is 1. The normalized spacial score (nSPS) is 13.4. The van der Waals surface area contributed by atoms with Crippen LogP contribution < -0.4 is 14.5 Å². The van der Waals surface area contributed by atoms with E-state index in [1.807, 2.05) is 18.3 Å². The van der Waals surface area contributed by atoms with E-state index in [9.17, 15) is 5.26 Å². The number of anilines is 4. The SMILES string of the molecule is CC(C)c1cccc(C(C)C)c1-c1cc(Oc2[c-]c3c(cc2)c2c4sc5ccc(C#N)cc5c4ccc2n3-c2cc(C(C)(C)C)ccn2)[c-]c(N2[CH-]N(c3c(-c4cc(C(C)(C)C)cc(C(C)(C)C)c4)cc(C(C)(C)C)cc3-c3cc(C(C)(C)C)cc(C(C)(C)C)c3)c3ccccc32)c1.[Pt]. The van der Waals surface area contributed by atoms with Crippen molar-refractivity contribution in [1.82, 2.24) is 9.55 Å². The topological polar surface area (TPSA) is 57.3 Å². The van der Waals surface area contributed by atoms with Crippen LogP contribution in [0.2, 0.25) is 0 Å². The molecule has 1 aliphatic rings. The van der Waals surface area contributed by atoms with Crippen LogP contribution in [0.1, 0.15) is 214 Å². The Morgan fingerprint density at radius 3 is 1.54 bits per heavy atom. The summed E-state index contributed by atoms with van der Waals surface area (Å²) in [5.74, 6) is 2.40. The van der Waals surface area contributed by atoms with E-state index in [2.05, 4.69) is 337 Å². The summed E-state index contributed by atoms with van der Waals surface area (Å²) in [4.78, 5) is 9.94. The molecule has 0 amide bonds. The largest absolute Gasteiger partial charge is 0.509 e. The van der Waals surface area contributed by atoms with Gasteiger partial charge in [-0.3, -0.25) is 0 Å². The van der Waals surface area contributed by atoms with Gasteiger partial charge >= 0.3 is 0 Å². The maximum atomic E-state index is 10.0. The number of fused-ring (bicyclic) bond motifs is 8. The number of hydrogen-bond acceptors (Lipinski definition) is 6. The molecule has 1 aliphatic heterocycles. The fourth-order valence-electron chi connectivity index (χ4n) is 14.0. The first-order valence-electron chi connectivity index (χ1n) is 35.1. The smallest absolute Gasteiger partial charge is 0.135 e. The summed E-state index contributed by atoms with van der Waals surface area (Å²) in [5, 5.41) is 14.4. The molecule has 6 nitrogen and oxygen atoms in total. The number of nitrogens with zero attached hydrogens (tertiary/aromatic N) is 5. The van der Waals surface area contributed by atoms with Crippen LogP contribution in [0, 0.1) is 30.1 Å². The van der Waals surface area contributed by atoms with Crippen molar-refractivity contribution in [2.45, 2.75) is 197 Å². The van der Waals surface area contributed by atoms with Crippen LogP contribution in [0.4, 0.5) is 22.7 Å². The molecular weight excluding hydrogens is 1410 g/mol. The second-order valence-corrected chi connectivity index (χ2v) is 35.3. The molecule has 0 fully saturated rings. The van der Waals surface area contributed by atoms with Crippen molar-refractivity contribution in [2.24, 2.45) is 0 Å². The summed E-state index contributed by atoms with van der Waals surface area (Å²) in [6.07, 6.45) is 1.93. The van der Waals surface area contributed by atoms with Crippen molar-refractivity contribution in [3.8, 4) is 56.8 Å². The van der Waals surface area contributed by atoms with Crippen LogP contribution >= 0.6 is 11.3 Å². The summed E-state index contributed by atoms with van der Waals surface area (Å²) in [7, 11) is 0. The average Bonchev–Trinajstić information content (AvgIpc) is 1.60. The summed E-state index contributed by atoms with van der Waals surface area (Å²) in [5.41, 5.74) is 23.0. The van der Waals surface area contributed by atoms with Gasteiger partial charge in [-0.1, -0.05) is 231 Å². The minimum atomic E-state index is -0.195. The maximum absolute atomic E-state index is 10.0. The molecule has 13 rings (SSSR count). The number of para-hydroxylation sites is 2. The number of thiophene rings is 1. The summed E-state index contributed by atoms with van der Waals surface area (Å²) in [6, 6.07) is 69.2. The zero-order valence-electron chi connectivity index (χ0n) is 62.2. The fraction of sp³-hybridized carbons (Fsp3) is 0.330. The Morgan fingerprint density at radius 1 is 0.485 bits per heavy atom. The molecule has 9 aromatic carbocycles. The van der Waals surface area contributed by atoms with Gasteiger partial charge in [-0.05, 0) is 172 Å². The Labute approximate surface area is 608 Å². The Hall–Kier alpha value is -8.27. The van der Waals surface area contributed by atoms with Crippen LogP contribution in [0.15, 0.2) is 164 Å². The number of benzene rings is 9. The minimum absolute atomic E-state index is 0. The van der Waals surface area contributed by atoms with Gasteiger partial charge in [0.1, 0.15) is 5.82 Å². The Kier molecular flexibility index (Phi) is 18.1. The van der Waals surface area contributed by atoms with Crippen molar-refractivity contribution >= 4 is 76.1 Å². The molecule has 99 heavy (non-hydrogen) atoms. The Bertz CT molecular complexity index is 5010. The first-order chi connectivity index (χ1) is 45.9. The third-order valence-corrected chi connectivity index (χ3v) is 21.2. The van der Waals surface area contributed by atoms with Crippen LogP contribution in [0.25, 0.3) is 81.2 Å². The van der Waals surface area contributed by atoms with E-state index >= 15 is 0 Å². The van der Waals surface area contributed by atoms with E-state index in [0.29, 0.717) is 17.1 Å². The van der Waals surface area contributed by atoms with Crippen molar-refractivity contribution < 1.29 is 25.8 Å². The zero-order valence-corrected chi connectivity index (χ0v) is 65.3. The molecule has 4 heterocycles. The van der Waals surface area contributed by atoms with E-state index in [1.54, 1.807) is 11.3 Å². The predicted molar refractivity (Wildman–Crippen MR) is 419 cm³/mol. The van der Waals surface area contributed by atoms with Gasteiger partial charge in [0.2, 0.25) is 0 Å². The molecule has 0 saturated heterocycles. The van der Waals surface area contributed by atoms with E-state index in [0.717, 1.165) is 76.1 Å². The number of rotatable bonds is 10. The second kappa shape index (κ2) is 25.4. The molecule has 510 valence electrons. The molecule has 0 atom stereocenters. The molecule has 0 N–H and O–H groups in total. The number of pyridine rings is 1. The van der Waals surface area contributed by atoms with Gasteiger partial charge < -0.3 is 19.1 Å². The molecule has 0 unspecified atom stereocenters. The van der Waals surface area contributed by atoms with Crippen molar-refractivity contribution in [2.75, 3.05) is 9.80 Å². The molecule has 0 spiro atoms. The Morgan fingerprint density at radius 2 is 1.01 bits per heavy atom. The maximum Gasteiger partial charge on any atom is 0.135 e. The quantitative estimate of drug-likeness (QED) is 0.128.